The van der Waals surface area contributed by atoms with Gasteiger partial charge in [-0.1, -0.05) is 38.0 Å². The fraction of sp³-hybridized carbons (Fsp3) is 0.533. The number of rotatable bonds is 2. The van der Waals surface area contributed by atoms with Crippen molar-refractivity contribution in [2.45, 2.75) is 45.6 Å². The van der Waals surface area contributed by atoms with E-state index < -0.39 is 0 Å². The zero-order valence-electron chi connectivity index (χ0n) is 10.7. The van der Waals surface area contributed by atoms with Crippen LogP contribution in [0.1, 0.15) is 48.5 Å². The summed E-state index contributed by atoms with van der Waals surface area (Å²) in [7, 11) is 0. The summed E-state index contributed by atoms with van der Waals surface area (Å²) in [4.78, 5) is 12.2. The molecule has 1 aliphatic rings. The zero-order valence-corrected chi connectivity index (χ0v) is 10.7. The van der Waals surface area contributed by atoms with E-state index in [0.717, 1.165) is 17.5 Å². The minimum atomic E-state index is 0.0850. The second-order valence-electron chi connectivity index (χ2n) is 5.16. The van der Waals surface area contributed by atoms with E-state index in [0.29, 0.717) is 12.0 Å². The van der Waals surface area contributed by atoms with E-state index in [4.69, 9.17) is 0 Å². The van der Waals surface area contributed by atoms with Gasteiger partial charge in [0.05, 0.1) is 0 Å². The van der Waals surface area contributed by atoms with Gasteiger partial charge < -0.3 is 5.32 Å². The highest BCUT2D eigenvalue weighted by Crippen LogP contribution is 2.24. The molecule has 0 unspecified atom stereocenters. The molecule has 0 bridgehead atoms. The van der Waals surface area contributed by atoms with E-state index in [2.05, 4.69) is 12.2 Å². The van der Waals surface area contributed by atoms with Gasteiger partial charge in [-0.25, -0.2) is 0 Å². The molecule has 2 nitrogen and oxygen atoms in total. The fourth-order valence-electron chi connectivity index (χ4n) is 2.60. The summed E-state index contributed by atoms with van der Waals surface area (Å²) in [6.45, 7) is 4.22. The molecule has 2 atom stereocenters. The lowest BCUT2D eigenvalue weighted by atomic mass is 9.86. The minimum absolute atomic E-state index is 0.0850. The minimum Gasteiger partial charge on any atom is -0.349 e. The van der Waals surface area contributed by atoms with Crippen molar-refractivity contribution in [3.63, 3.8) is 0 Å². The Kier molecular flexibility index (Phi) is 3.82. The molecule has 2 rings (SSSR count). The Morgan fingerprint density at radius 3 is 2.65 bits per heavy atom. The van der Waals surface area contributed by atoms with Crippen LogP contribution >= 0.6 is 0 Å². The van der Waals surface area contributed by atoms with Crippen molar-refractivity contribution in [1.29, 1.82) is 0 Å². The maximum Gasteiger partial charge on any atom is 0.251 e. The highest BCUT2D eigenvalue weighted by Gasteiger charge is 2.23. The lowest BCUT2D eigenvalue weighted by Gasteiger charge is -2.29. The van der Waals surface area contributed by atoms with Crippen LogP contribution in [0.2, 0.25) is 0 Å². The molecule has 0 aromatic heterocycles. The number of carbonyl (C=O) groups is 1. The van der Waals surface area contributed by atoms with Gasteiger partial charge >= 0.3 is 0 Å². The number of hydrogen-bond donors (Lipinski definition) is 1. The smallest absolute Gasteiger partial charge is 0.251 e. The van der Waals surface area contributed by atoms with Gasteiger partial charge in [0.25, 0.3) is 5.91 Å². The van der Waals surface area contributed by atoms with Crippen LogP contribution in [-0.2, 0) is 0 Å². The van der Waals surface area contributed by atoms with Crippen molar-refractivity contribution in [2.75, 3.05) is 0 Å². The van der Waals surface area contributed by atoms with Gasteiger partial charge in [-0.3, -0.25) is 4.79 Å². The highest BCUT2D eigenvalue weighted by molar-refractivity contribution is 5.95. The van der Waals surface area contributed by atoms with E-state index in [9.17, 15) is 4.79 Å². The van der Waals surface area contributed by atoms with Crippen LogP contribution < -0.4 is 5.32 Å². The summed E-state index contributed by atoms with van der Waals surface area (Å²) in [5.74, 6) is 0.693. The molecule has 1 aliphatic carbocycles. The van der Waals surface area contributed by atoms with Crippen LogP contribution in [0, 0.1) is 12.8 Å². The van der Waals surface area contributed by atoms with Crippen molar-refractivity contribution in [3.05, 3.63) is 35.4 Å². The van der Waals surface area contributed by atoms with Crippen LogP contribution in [0.5, 0.6) is 0 Å². The highest BCUT2D eigenvalue weighted by atomic mass is 16.1. The average Bonchev–Trinajstić information content (AvgIpc) is 2.32. The first kappa shape index (κ1) is 12.2. The molecule has 17 heavy (non-hydrogen) atoms. The summed E-state index contributed by atoms with van der Waals surface area (Å²) in [5.41, 5.74) is 1.86. The Morgan fingerprint density at radius 1 is 1.24 bits per heavy atom. The Morgan fingerprint density at radius 2 is 1.94 bits per heavy atom. The predicted molar refractivity (Wildman–Crippen MR) is 70.1 cm³/mol. The second kappa shape index (κ2) is 5.35. The van der Waals surface area contributed by atoms with Crippen LogP contribution in [-0.4, -0.2) is 11.9 Å². The largest absolute Gasteiger partial charge is 0.349 e. The van der Waals surface area contributed by atoms with Gasteiger partial charge in [0, 0.05) is 11.6 Å². The standard InChI is InChI=1S/C15H21NO/c1-11-7-3-5-9-13(11)15(17)16-14-10-6-4-8-12(14)2/h3,5,7,9,12,14H,4,6,8,10H2,1-2H3,(H,16,17)/t12-,14-/m0/s1. The van der Waals surface area contributed by atoms with Crippen LogP contribution in [0.3, 0.4) is 0 Å². The molecule has 0 saturated heterocycles. The molecule has 0 aliphatic heterocycles. The summed E-state index contributed by atoms with van der Waals surface area (Å²) >= 11 is 0. The SMILES string of the molecule is Cc1ccccc1C(=O)N[C@H]1CCCC[C@@H]1C. The zero-order chi connectivity index (χ0) is 12.3. The summed E-state index contributed by atoms with van der Waals surface area (Å²) in [6.07, 6.45) is 4.90. The molecule has 0 spiro atoms. The Balaban J connectivity index is 2.04. The third-order valence-corrected chi connectivity index (χ3v) is 3.82. The predicted octanol–water partition coefficient (Wildman–Crippen LogP) is 3.30. The molecule has 1 aromatic rings. The molecule has 1 saturated carbocycles. The lowest BCUT2D eigenvalue weighted by Crippen LogP contribution is -2.41. The average molecular weight is 231 g/mol. The molecule has 1 fully saturated rings. The van der Waals surface area contributed by atoms with E-state index in [1.807, 2.05) is 31.2 Å². The third kappa shape index (κ3) is 2.87. The summed E-state index contributed by atoms with van der Waals surface area (Å²) in [5, 5.41) is 3.19. The Labute approximate surface area is 103 Å². The quantitative estimate of drug-likeness (QED) is 0.831. The second-order valence-corrected chi connectivity index (χ2v) is 5.16. The third-order valence-electron chi connectivity index (χ3n) is 3.82. The van der Waals surface area contributed by atoms with Gasteiger partial charge in [-0.05, 0) is 37.3 Å². The van der Waals surface area contributed by atoms with Gasteiger partial charge in [0.1, 0.15) is 0 Å². The lowest BCUT2D eigenvalue weighted by molar-refractivity contribution is 0.0909. The van der Waals surface area contributed by atoms with Crippen molar-refractivity contribution >= 4 is 5.91 Å². The van der Waals surface area contributed by atoms with Crippen molar-refractivity contribution in [2.24, 2.45) is 5.92 Å². The summed E-state index contributed by atoms with van der Waals surface area (Å²) in [6, 6.07) is 8.13. The van der Waals surface area contributed by atoms with Crippen LogP contribution in [0.4, 0.5) is 0 Å². The fourth-order valence-corrected chi connectivity index (χ4v) is 2.60. The molecule has 1 amide bonds. The molecule has 0 heterocycles. The molecular formula is C15H21NO. The van der Waals surface area contributed by atoms with Crippen LogP contribution in [0.25, 0.3) is 0 Å². The monoisotopic (exact) mass is 231 g/mol. The number of benzene rings is 1. The van der Waals surface area contributed by atoms with Gasteiger partial charge in [0.15, 0.2) is 0 Å². The number of hydrogen-bond acceptors (Lipinski definition) is 1. The number of carbonyl (C=O) groups excluding carboxylic acids is 1. The van der Waals surface area contributed by atoms with Crippen LogP contribution in [0.15, 0.2) is 24.3 Å². The molecule has 0 radical (unpaired) electrons. The topological polar surface area (TPSA) is 29.1 Å². The van der Waals surface area contributed by atoms with Gasteiger partial charge in [-0.15, -0.1) is 0 Å². The number of aryl methyl sites for hydroxylation is 1. The number of nitrogens with one attached hydrogen (secondary N) is 1. The number of amides is 1. The molecule has 2 heteroatoms. The Bertz CT molecular complexity index is 400. The summed E-state index contributed by atoms with van der Waals surface area (Å²) < 4.78 is 0. The van der Waals surface area contributed by atoms with Gasteiger partial charge in [0.2, 0.25) is 0 Å². The van der Waals surface area contributed by atoms with Crippen molar-refractivity contribution < 1.29 is 4.79 Å². The van der Waals surface area contributed by atoms with Gasteiger partial charge in [-0.2, -0.15) is 0 Å². The van der Waals surface area contributed by atoms with E-state index in [1.165, 1.54) is 19.3 Å². The first-order valence-corrected chi connectivity index (χ1v) is 6.55. The normalized spacial score (nSPS) is 24.4. The van der Waals surface area contributed by atoms with E-state index in [1.54, 1.807) is 0 Å². The maximum atomic E-state index is 12.2. The Hall–Kier alpha value is -1.31. The van der Waals surface area contributed by atoms with E-state index in [-0.39, 0.29) is 5.91 Å². The molecule has 1 aromatic carbocycles. The molecular weight excluding hydrogens is 210 g/mol. The molecule has 92 valence electrons. The van der Waals surface area contributed by atoms with Crippen molar-refractivity contribution in [3.8, 4) is 0 Å². The maximum absolute atomic E-state index is 12.2. The van der Waals surface area contributed by atoms with Crippen molar-refractivity contribution in [1.82, 2.24) is 5.32 Å². The first-order chi connectivity index (χ1) is 8.18. The van der Waals surface area contributed by atoms with E-state index >= 15 is 0 Å². The molecule has 1 N–H and O–H groups in total. The first-order valence-electron chi connectivity index (χ1n) is 6.55.